The molecule has 140 valence electrons. The van der Waals surface area contributed by atoms with Crippen molar-refractivity contribution in [1.82, 2.24) is 10.2 Å². The Hall–Kier alpha value is 0.310. The zero-order valence-electron chi connectivity index (χ0n) is 15.1. The van der Waals surface area contributed by atoms with Gasteiger partial charge in [-0.05, 0) is 62.9 Å². The first-order valence-electron chi connectivity index (χ1n) is 9.50. The number of nitrogens with one attached hydrogen (secondary N) is 1. The lowest BCUT2D eigenvalue weighted by molar-refractivity contribution is -0.0370. The molecule has 1 spiro atoms. The minimum atomic E-state index is 0. The monoisotopic (exact) mass is 467 g/mol. The van der Waals surface area contributed by atoms with Gasteiger partial charge in [0.2, 0.25) is 0 Å². The molecule has 3 rings (SSSR count). The van der Waals surface area contributed by atoms with Crippen LogP contribution in [0, 0.1) is 11.3 Å². The van der Waals surface area contributed by atoms with E-state index < -0.39 is 0 Å². The van der Waals surface area contributed by atoms with Crippen LogP contribution in [0.4, 0.5) is 0 Å². The number of ether oxygens (including phenoxy) is 1. The van der Waals surface area contributed by atoms with Gasteiger partial charge in [0.25, 0.3) is 0 Å². The van der Waals surface area contributed by atoms with Crippen LogP contribution in [0.5, 0.6) is 0 Å². The van der Waals surface area contributed by atoms with Gasteiger partial charge in [0.1, 0.15) is 0 Å². The normalized spacial score (nSPS) is 29.4. The number of likely N-dealkylation sites (tertiary alicyclic amines) is 1. The zero-order chi connectivity index (χ0) is 16.0. The van der Waals surface area contributed by atoms with Crippen molar-refractivity contribution in [3.05, 3.63) is 0 Å². The molecule has 6 heteroatoms. The summed E-state index contributed by atoms with van der Waals surface area (Å²) in [5, 5.41) is 3.54. The van der Waals surface area contributed by atoms with E-state index in [1.807, 2.05) is 0 Å². The Bertz CT molecular complexity index is 390. The van der Waals surface area contributed by atoms with E-state index >= 15 is 0 Å². The third-order valence-electron chi connectivity index (χ3n) is 5.54. The first-order chi connectivity index (χ1) is 11.3. The minimum Gasteiger partial charge on any atom is -0.381 e. The largest absolute Gasteiger partial charge is 0.381 e. The Kier molecular flexibility index (Phi) is 8.98. The van der Waals surface area contributed by atoms with Crippen LogP contribution < -0.4 is 5.32 Å². The van der Waals surface area contributed by atoms with Crippen molar-refractivity contribution >= 4 is 41.7 Å². The van der Waals surface area contributed by atoms with Crippen LogP contribution in [-0.4, -0.2) is 61.8 Å². The van der Waals surface area contributed by atoms with Crippen LogP contribution in [0.25, 0.3) is 0 Å². The Morgan fingerprint density at radius 2 is 2.08 bits per heavy atom. The predicted molar refractivity (Wildman–Crippen MR) is 115 cm³/mol. The van der Waals surface area contributed by atoms with E-state index in [1.165, 1.54) is 50.0 Å². The summed E-state index contributed by atoms with van der Waals surface area (Å²) in [5.41, 5.74) is 0.383. The maximum Gasteiger partial charge on any atom is 0.193 e. The van der Waals surface area contributed by atoms with Gasteiger partial charge in [0.05, 0.1) is 6.61 Å². The van der Waals surface area contributed by atoms with Crippen molar-refractivity contribution in [2.45, 2.75) is 45.4 Å². The van der Waals surface area contributed by atoms with Crippen molar-refractivity contribution < 1.29 is 4.74 Å². The molecule has 3 saturated heterocycles. The fourth-order valence-corrected chi connectivity index (χ4v) is 5.40. The molecule has 3 aliphatic rings. The lowest BCUT2D eigenvalue weighted by atomic mass is 9.76. The van der Waals surface area contributed by atoms with Crippen molar-refractivity contribution in [3.8, 4) is 0 Å². The second kappa shape index (κ2) is 10.5. The number of hydrogen-bond acceptors (Lipinski definition) is 3. The summed E-state index contributed by atoms with van der Waals surface area (Å²) in [6, 6.07) is 0. The van der Waals surface area contributed by atoms with Crippen LogP contribution in [0.15, 0.2) is 4.99 Å². The Morgan fingerprint density at radius 1 is 1.29 bits per heavy atom. The van der Waals surface area contributed by atoms with Crippen molar-refractivity contribution in [1.29, 1.82) is 0 Å². The van der Waals surface area contributed by atoms with Crippen molar-refractivity contribution in [3.63, 3.8) is 0 Å². The van der Waals surface area contributed by atoms with Gasteiger partial charge in [0, 0.05) is 38.2 Å². The Morgan fingerprint density at radius 3 is 2.79 bits per heavy atom. The fraction of sp³-hybridized carbons (Fsp3) is 0.944. The molecular formula is C18H34IN3OS. The number of rotatable bonds is 3. The smallest absolute Gasteiger partial charge is 0.193 e. The van der Waals surface area contributed by atoms with Crippen LogP contribution in [0.1, 0.15) is 45.4 Å². The second-order valence-corrected chi connectivity index (χ2v) is 8.66. The highest BCUT2D eigenvalue weighted by Crippen LogP contribution is 2.37. The summed E-state index contributed by atoms with van der Waals surface area (Å²) in [4.78, 5) is 7.53. The molecule has 1 N–H and O–H groups in total. The standard InChI is InChI=1S/C18H33N3OS.HI/c1-2-19-17(20-13-16-5-11-23-12-6-16)21-9-3-7-18(14-21)8-4-10-22-15-18;/h16H,2-15H2,1H3,(H,19,20);1H. The molecule has 0 aromatic heterocycles. The molecule has 0 aliphatic carbocycles. The first kappa shape index (κ1) is 20.6. The molecule has 0 saturated carbocycles. The maximum atomic E-state index is 5.82. The highest BCUT2D eigenvalue weighted by atomic mass is 127. The molecule has 0 amide bonds. The average molecular weight is 467 g/mol. The van der Waals surface area contributed by atoms with Crippen LogP contribution >= 0.6 is 35.7 Å². The molecule has 3 aliphatic heterocycles. The topological polar surface area (TPSA) is 36.9 Å². The van der Waals surface area contributed by atoms with E-state index in [1.54, 1.807) is 0 Å². The van der Waals surface area contributed by atoms with E-state index in [4.69, 9.17) is 9.73 Å². The number of aliphatic imine (C=N–C) groups is 1. The highest BCUT2D eigenvalue weighted by Gasteiger charge is 2.38. The number of halogens is 1. The summed E-state index contributed by atoms with van der Waals surface area (Å²) in [7, 11) is 0. The Balaban J connectivity index is 0.00000208. The SMILES string of the molecule is CCNC(=NCC1CCSCC1)N1CCCC2(CCCOC2)C1.I. The van der Waals surface area contributed by atoms with Gasteiger partial charge in [-0.2, -0.15) is 11.8 Å². The highest BCUT2D eigenvalue weighted by molar-refractivity contribution is 14.0. The van der Waals surface area contributed by atoms with E-state index in [9.17, 15) is 0 Å². The predicted octanol–water partition coefficient (Wildman–Crippen LogP) is 3.61. The first-order valence-corrected chi connectivity index (χ1v) is 10.7. The van der Waals surface area contributed by atoms with Gasteiger partial charge in [-0.15, -0.1) is 24.0 Å². The van der Waals surface area contributed by atoms with Crippen LogP contribution in [0.3, 0.4) is 0 Å². The van der Waals surface area contributed by atoms with Gasteiger partial charge in [0.15, 0.2) is 5.96 Å². The molecule has 1 unspecified atom stereocenters. The Labute approximate surface area is 169 Å². The third-order valence-corrected chi connectivity index (χ3v) is 6.59. The molecule has 0 aromatic carbocycles. The maximum absolute atomic E-state index is 5.82. The summed E-state index contributed by atoms with van der Waals surface area (Å²) < 4.78 is 5.82. The van der Waals surface area contributed by atoms with Crippen molar-refractivity contribution in [2.24, 2.45) is 16.3 Å². The van der Waals surface area contributed by atoms with Crippen LogP contribution in [0.2, 0.25) is 0 Å². The fourth-order valence-electron chi connectivity index (χ4n) is 4.19. The molecule has 0 radical (unpaired) electrons. The molecule has 24 heavy (non-hydrogen) atoms. The molecule has 1 atom stereocenters. The minimum absolute atomic E-state index is 0. The number of nitrogens with zero attached hydrogens (tertiary/aromatic N) is 2. The average Bonchev–Trinajstić information content (AvgIpc) is 2.60. The molecule has 0 bridgehead atoms. The zero-order valence-corrected chi connectivity index (χ0v) is 18.2. The van der Waals surface area contributed by atoms with Gasteiger partial charge < -0.3 is 15.0 Å². The molecule has 0 aromatic rings. The third kappa shape index (κ3) is 5.66. The second-order valence-electron chi connectivity index (χ2n) is 7.43. The summed E-state index contributed by atoms with van der Waals surface area (Å²) in [5.74, 6) is 4.58. The lowest BCUT2D eigenvalue weighted by Crippen LogP contribution is -2.53. The summed E-state index contributed by atoms with van der Waals surface area (Å²) in [6.07, 6.45) is 7.82. The summed E-state index contributed by atoms with van der Waals surface area (Å²) >= 11 is 2.10. The van der Waals surface area contributed by atoms with Gasteiger partial charge in [-0.1, -0.05) is 0 Å². The van der Waals surface area contributed by atoms with E-state index in [-0.39, 0.29) is 24.0 Å². The van der Waals surface area contributed by atoms with E-state index in [0.717, 1.165) is 51.3 Å². The molecule has 3 heterocycles. The number of thioether (sulfide) groups is 1. The molecule has 4 nitrogen and oxygen atoms in total. The quantitative estimate of drug-likeness (QED) is 0.391. The van der Waals surface area contributed by atoms with Gasteiger partial charge in [-0.3, -0.25) is 4.99 Å². The number of piperidine rings is 1. The van der Waals surface area contributed by atoms with E-state index in [0.29, 0.717) is 5.41 Å². The van der Waals surface area contributed by atoms with Crippen molar-refractivity contribution in [2.75, 3.05) is 50.9 Å². The van der Waals surface area contributed by atoms with Gasteiger partial charge >= 0.3 is 0 Å². The molecular weight excluding hydrogens is 433 g/mol. The molecule has 3 fully saturated rings. The van der Waals surface area contributed by atoms with Crippen LogP contribution in [-0.2, 0) is 4.74 Å². The number of guanidine groups is 1. The lowest BCUT2D eigenvalue weighted by Gasteiger charge is -2.45. The summed E-state index contributed by atoms with van der Waals surface area (Å²) in [6.45, 7) is 8.31. The van der Waals surface area contributed by atoms with Gasteiger partial charge in [-0.25, -0.2) is 0 Å². The van der Waals surface area contributed by atoms with E-state index in [2.05, 4.69) is 28.9 Å². The number of hydrogen-bond donors (Lipinski definition) is 1.